The highest BCUT2D eigenvalue weighted by atomic mass is 16.1. The van der Waals surface area contributed by atoms with E-state index in [2.05, 4.69) is 36.6 Å². The average molecular weight is 288 g/mol. The summed E-state index contributed by atoms with van der Waals surface area (Å²) in [4.78, 5) is 12.4. The maximum atomic E-state index is 12.4. The molecule has 0 aliphatic heterocycles. The van der Waals surface area contributed by atoms with E-state index in [4.69, 9.17) is 0 Å². The average Bonchev–Trinajstić information content (AvgIpc) is 2.77. The Hall–Kier alpha value is -1.35. The van der Waals surface area contributed by atoms with E-state index in [9.17, 15) is 4.79 Å². The topological polar surface area (TPSA) is 41.1 Å². The summed E-state index contributed by atoms with van der Waals surface area (Å²) in [5.74, 6) is 0.396. The molecular weight excluding hydrogens is 260 g/mol. The first-order chi connectivity index (χ1) is 10.2. The Balaban J connectivity index is 1.98. The van der Waals surface area contributed by atoms with Crippen LogP contribution in [0.3, 0.4) is 0 Å². The van der Waals surface area contributed by atoms with Crippen LogP contribution in [0.1, 0.15) is 64.0 Å². The van der Waals surface area contributed by atoms with Crippen molar-refractivity contribution >= 4 is 11.6 Å². The number of anilines is 1. The maximum absolute atomic E-state index is 12.4. The third-order valence-corrected chi connectivity index (χ3v) is 4.39. The van der Waals surface area contributed by atoms with E-state index in [0.29, 0.717) is 6.04 Å². The number of amides is 1. The van der Waals surface area contributed by atoms with Crippen LogP contribution in [-0.4, -0.2) is 12.5 Å². The van der Waals surface area contributed by atoms with Crippen molar-refractivity contribution in [3.8, 4) is 0 Å². The molecule has 0 saturated heterocycles. The van der Waals surface area contributed by atoms with Crippen molar-refractivity contribution in [1.82, 2.24) is 5.32 Å². The third kappa shape index (κ3) is 4.85. The van der Waals surface area contributed by atoms with Crippen molar-refractivity contribution in [3.05, 3.63) is 29.8 Å². The third-order valence-electron chi connectivity index (χ3n) is 4.39. The molecule has 0 radical (unpaired) electrons. The van der Waals surface area contributed by atoms with E-state index in [1.165, 1.54) is 31.2 Å². The molecule has 1 aliphatic rings. The maximum Gasteiger partial charge on any atom is 0.227 e. The fourth-order valence-electron chi connectivity index (χ4n) is 3.10. The largest absolute Gasteiger partial charge is 0.326 e. The number of hydrogen-bond acceptors (Lipinski definition) is 2. The minimum atomic E-state index is 0.197. The first-order valence-corrected chi connectivity index (χ1v) is 8.35. The zero-order valence-corrected chi connectivity index (χ0v) is 13.3. The Labute approximate surface area is 128 Å². The molecule has 2 N–H and O–H groups in total. The first-order valence-electron chi connectivity index (χ1n) is 8.35. The smallest absolute Gasteiger partial charge is 0.227 e. The van der Waals surface area contributed by atoms with E-state index >= 15 is 0 Å². The van der Waals surface area contributed by atoms with Gasteiger partial charge < -0.3 is 10.6 Å². The van der Waals surface area contributed by atoms with Gasteiger partial charge in [-0.05, 0) is 44.0 Å². The molecule has 1 aromatic rings. The highest BCUT2D eigenvalue weighted by Crippen LogP contribution is 2.25. The molecule has 1 aromatic carbocycles. The molecule has 3 heteroatoms. The van der Waals surface area contributed by atoms with Gasteiger partial charge in [-0.1, -0.05) is 44.7 Å². The summed E-state index contributed by atoms with van der Waals surface area (Å²) in [6.45, 7) is 5.20. The lowest BCUT2D eigenvalue weighted by atomic mass is 9.99. The lowest BCUT2D eigenvalue weighted by Crippen LogP contribution is -2.23. The quantitative estimate of drug-likeness (QED) is 0.795. The Morgan fingerprint density at radius 1 is 1.24 bits per heavy atom. The van der Waals surface area contributed by atoms with Crippen LogP contribution < -0.4 is 10.6 Å². The fourth-order valence-corrected chi connectivity index (χ4v) is 3.10. The van der Waals surface area contributed by atoms with Crippen molar-refractivity contribution in [1.29, 1.82) is 0 Å². The second kappa shape index (κ2) is 8.18. The van der Waals surface area contributed by atoms with Gasteiger partial charge in [0.1, 0.15) is 0 Å². The number of rotatable bonds is 5. The molecule has 0 bridgehead atoms. The first kappa shape index (κ1) is 16.0. The summed E-state index contributed by atoms with van der Waals surface area (Å²) in [5.41, 5.74) is 2.14. The van der Waals surface area contributed by atoms with Crippen LogP contribution in [0.4, 0.5) is 5.69 Å². The Kier molecular flexibility index (Phi) is 6.24. The molecule has 1 fully saturated rings. The molecule has 0 heterocycles. The summed E-state index contributed by atoms with van der Waals surface area (Å²) in [6.07, 6.45) is 7.02. The lowest BCUT2D eigenvalue weighted by molar-refractivity contribution is -0.120. The summed E-state index contributed by atoms with van der Waals surface area (Å²) in [5, 5.41) is 6.51. The van der Waals surface area contributed by atoms with Crippen LogP contribution in [0, 0.1) is 5.92 Å². The number of nitrogens with one attached hydrogen (secondary N) is 2. The Morgan fingerprint density at radius 3 is 2.62 bits per heavy atom. The van der Waals surface area contributed by atoms with Crippen LogP contribution >= 0.6 is 0 Å². The van der Waals surface area contributed by atoms with Gasteiger partial charge in [0.2, 0.25) is 5.91 Å². The van der Waals surface area contributed by atoms with Gasteiger partial charge >= 0.3 is 0 Å². The minimum Gasteiger partial charge on any atom is -0.326 e. The Morgan fingerprint density at radius 2 is 1.95 bits per heavy atom. The van der Waals surface area contributed by atoms with Crippen molar-refractivity contribution in [2.45, 2.75) is 58.4 Å². The van der Waals surface area contributed by atoms with E-state index in [1.807, 2.05) is 12.1 Å². The van der Waals surface area contributed by atoms with Crippen molar-refractivity contribution in [3.63, 3.8) is 0 Å². The summed E-state index contributed by atoms with van der Waals surface area (Å²) in [6, 6.07) is 8.50. The van der Waals surface area contributed by atoms with E-state index in [-0.39, 0.29) is 11.8 Å². The molecule has 21 heavy (non-hydrogen) atoms. The van der Waals surface area contributed by atoms with Crippen molar-refractivity contribution in [2.24, 2.45) is 5.92 Å². The van der Waals surface area contributed by atoms with Gasteiger partial charge in [-0.15, -0.1) is 0 Å². The van der Waals surface area contributed by atoms with Crippen LogP contribution in [0.5, 0.6) is 0 Å². The molecule has 1 aliphatic carbocycles. The normalized spacial score (nSPS) is 18.0. The molecule has 116 valence electrons. The predicted molar refractivity (Wildman–Crippen MR) is 88.4 cm³/mol. The zero-order chi connectivity index (χ0) is 15.1. The highest BCUT2D eigenvalue weighted by molar-refractivity contribution is 5.92. The molecule has 1 amide bonds. The SMILES string of the molecule is CCNC(C)c1cccc(NC(=O)C2CCCCCC2)c1. The van der Waals surface area contributed by atoms with Crippen LogP contribution in [0.2, 0.25) is 0 Å². The van der Waals surface area contributed by atoms with Gasteiger partial charge in [0.15, 0.2) is 0 Å². The van der Waals surface area contributed by atoms with Crippen molar-refractivity contribution in [2.75, 3.05) is 11.9 Å². The number of carbonyl (C=O) groups excluding carboxylic acids is 1. The number of benzene rings is 1. The molecule has 1 unspecified atom stereocenters. The van der Waals surface area contributed by atoms with Gasteiger partial charge in [-0.2, -0.15) is 0 Å². The van der Waals surface area contributed by atoms with E-state index in [0.717, 1.165) is 25.1 Å². The van der Waals surface area contributed by atoms with Gasteiger partial charge in [-0.3, -0.25) is 4.79 Å². The van der Waals surface area contributed by atoms with Crippen LogP contribution in [0.25, 0.3) is 0 Å². The molecular formula is C18H28N2O. The van der Waals surface area contributed by atoms with Gasteiger partial charge in [-0.25, -0.2) is 0 Å². The summed E-state index contributed by atoms with van der Waals surface area (Å²) in [7, 11) is 0. The summed E-state index contributed by atoms with van der Waals surface area (Å²) >= 11 is 0. The van der Waals surface area contributed by atoms with Gasteiger partial charge in [0.05, 0.1) is 0 Å². The molecule has 3 nitrogen and oxygen atoms in total. The Bertz CT molecular complexity index is 450. The van der Waals surface area contributed by atoms with Gasteiger partial charge in [0, 0.05) is 17.6 Å². The standard InChI is InChI=1S/C18H28N2O/c1-3-19-14(2)16-11-8-12-17(13-16)20-18(21)15-9-6-4-5-7-10-15/h8,11-15,19H,3-7,9-10H2,1-2H3,(H,20,21). The second-order valence-electron chi connectivity index (χ2n) is 6.08. The predicted octanol–water partition coefficient (Wildman–Crippen LogP) is 4.27. The van der Waals surface area contributed by atoms with E-state index < -0.39 is 0 Å². The van der Waals surface area contributed by atoms with Crippen LogP contribution in [0.15, 0.2) is 24.3 Å². The van der Waals surface area contributed by atoms with Gasteiger partial charge in [0.25, 0.3) is 0 Å². The monoisotopic (exact) mass is 288 g/mol. The molecule has 2 rings (SSSR count). The molecule has 1 saturated carbocycles. The highest BCUT2D eigenvalue weighted by Gasteiger charge is 2.20. The molecule has 1 atom stereocenters. The molecule has 0 spiro atoms. The lowest BCUT2D eigenvalue weighted by Gasteiger charge is -2.17. The van der Waals surface area contributed by atoms with Crippen LogP contribution in [-0.2, 0) is 4.79 Å². The number of hydrogen-bond donors (Lipinski definition) is 2. The minimum absolute atomic E-state index is 0.197. The summed E-state index contributed by atoms with van der Waals surface area (Å²) < 4.78 is 0. The second-order valence-corrected chi connectivity index (χ2v) is 6.08. The fraction of sp³-hybridized carbons (Fsp3) is 0.611. The zero-order valence-electron chi connectivity index (χ0n) is 13.3. The van der Waals surface area contributed by atoms with E-state index in [1.54, 1.807) is 0 Å². The number of carbonyl (C=O) groups is 1. The molecule has 0 aromatic heterocycles. The van der Waals surface area contributed by atoms with Crippen molar-refractivity contribution < 1.29 is 4.79 Å².